The Kier molecular flexibility index (Phi) is 4.48. The fourth-order valence-corrected chi connectivity index (χ4v) is 2.91. The molecule has 1 aliphatic rings. The largest absolute Gasteiger partial charge is 0.377 e. The van der Waals surface area contributed by atoms with Crippen molar-refractivity contribution in [1.82, 2.24) is 24.6 Å². The lowest BCUT2D eigenvalue weighted by Gasteiger charge is -2.35. The van der Waals surface area contributed by atoms with E-state index in [4.69, 9.17) is 4.74 Å². The van der Waals surface area contributed by atoms with E-state index in [2.05, 4.69) is 15.1 Å². The van der Waals surface area contributed by atoms with Crippen LogP contribution in [0.2, 0.25) is 0 Å². The first-order valence-electron chi connectivity index (χ1n) is 8.00. The first kappa shape index (κ1) is 16.4. The van der Waals surface area contributed by atoms with Gasteiger partial charge in [-0.2, -0.15) is 5.10 Å². The van der Waals surface area contributed by atoms with E-state index in [1.807, 2.05) is 13.8 Å². The normalized spacial score (nSPS) is 18.0. The van der Waals surface area contributed by atoms with E-state index in [-0.39, 0.29) is 17.5 Å². The van der Waals surface area contributed by atoms with Crippen LogP contribution in [0.15, 0.2) is 17.1 Å². The molecule has 0 saturated carbocycles. The van der Waals surface area contributed by atoms with Crippen LogP contribution in [-0.2, 0) is 11.3 Å². The van der Waals surface area contributed by atoms with Crippen LogP contribution in [0.1, 0.15) is 40.5 Å². The van der Waals surface area contributed by atoms with Crippen molar-refractivity contribution in [2.45, 2.75) is 33.4 Å². The Hall–Kier alpha value is -2.48. The van der Waals surface area contributed by atoms with Crippen LogP contribution in [0, 0.1) is 13.8 Å². The molecule has 1 atom stereocenters. The summed E-state index contributed by atoms with van der Waals surface area (Å²) in [7, 11) is 0. The first-order valence-corrected chi connectivity index (χ1v) is 8.00. The van der Waals surface area contributed by atoms with E-state index in [9.17, 15) is 9.59 Å². The number of rotatable bonds is 3. The molecule has 1 aliphatic heterocycles. The zero-order valence-electron chi connectivity index (χ0n) is 14.1. The minimum Gasteiger partial charge on any atom is -0.377 e. The van der Waals surface area contributed by atoms with Crippen molar-refractivity contribution < 1.29 is 9.53 Å². The molecule has 0 aromatic carbocycles. The molecule has 1 saturated heterocycles. The summed E-state index contributed by atoms with van der Waals surface area (Å²) in [6.45, 7) is 7.46. The van der Waals surface area contributed by atoms with Crippen LogP contribution in [0.3, 0.4) is 0 Å². The summed E-state index contributed by atoms with van der Waals surface area (Å²) >= 11 is 0. The molecule has 3 heterocycles. The molecule has 3 rings (SSSR count). The Balaban J connectivity index is 1.95. The third-order valence-electron chi connectivity index (χ3n) is 4.11. The summed E-state index contributed by atoms with van der Waals surface area (Å²) in [5, 5.41) is 4.34. The number of H-pyrrole nitrogens is 1. The summed E-state index contributed by atoms with van der Waals surface area (Å²) in [6.07, 6.45) is 1.76. The van der Waals surface area contributed by atoms with Crippen LogP contribution in [0.4, 0.5) is 0 Å². The number of ether oxygens (including phenoxy) is 1. The second-order valence-electron chi connectivity index (χ2n) is 5.83. The molecule has 0 radical (unpaired) electrons. The maximum atomic E-state index is 13.0. The van der Waals surface area contributed by atoms with Gasteiger partial charge in [0.25, 0.3) is 11.5 Å². The minimum atomic E-state index is -0.378. The zero-order chi connectivity index (χ0) is 17.3. The molecule has 0 spiro atoms. The van der Waals surface area contributed by atoms with Gasteiger partial charge >= 0.3 is 0 Å². The predicted octanol–water partition coefficient (Wildman–Crippen LogP) is 0.817. The van der Waals surface area contributed by atoms with Crippen molar-refractivity contribution in [2.24, 2.45) is 0 Å². The van der Waals surface area contributed by atoms with Crippen molar-refractivity contribution in [3.63, 3.8) is 0 Å². The number of hydrogen-bond donors (Lipinski definition) is 1. The highest BCUT2D eigenvalue weighted by Crippen LogP contribution is 2.24. The molecule has 1 N–H and O–H groups in total. The molecule has 128 valence electrons. The molecule has 2 aromatic heterocycles. The van der Waals surface area contributed by atoms with Gasteiger partial charge in [0.15, 0.2) is 0 Å². The van der Waals surface area contributed by atoms with Crippen LogP contribution in [0.25, 0.3) is 0 Å². The fraction of sp³-hybridized carbons (Fsp3) is 0.500. The van der Waals surface area contributed by atoms with Crippen molar-refractivity contribution >= 4 is 5.91 Å². The summed E-state index contributed by atoms with van der Waals surface area (Å²) in [6, 6.07) is 1.05. The van der Waals surface area contributed by atoms with E-state index in [1.165, 1.54) is 6.07 Å². The highest BCUT2D eigenvalue weighted by atomic mass is 16.5. The van der Waals surface area contributed by atoms with E-state index in [0.29, 0.717) is 49.1 Å². The molecular formula is C16H21N5O3. The summed E-state index contributed by atoms with van der Waals surface area (Å²) in [5.74, 6) is 0.408. The average Bonchev–Trinajstić information content (AvgIpc) is 2.94. The molecule has 8 heteroatoms. The van der Waals surface area contributed by atoms with Gasteiger partial charge in [0, 0.05) is 25.4 Å². The number of nitrogens with zero attached hydrogens (tertiary/aromatic N) is 4. The van der Waals surface area contributed by atoms with Crippen LogP contribution in [0.5, 0.6) is 0 Å². The number of aromatic amines is 1. The van der Waals surface area contributed by atoms with Crippen LogP contribution < -0.4 is 5.56 Å². The third-order valence-corrected chi connectivity index (χ3v) is 4.11. The number of aryl methyl sites for hydroxylation is 3. The number of nitrogens with one attached hydrogen (secondary N) is 1. The number of carbonyl (C=O) groups excluding carboxylic acids is 1. The van der Waals surface area contributed by atoms with Crippen LogP contribution in [-0.4, -0.2) is 50.3 Å². The maximum absolute atomic E-state index is 13.0. The molecule has 1 fully saturated rings. The molecule has 0 unspecified atom stereocenters. The molecule has 0 aliphatic carbocycles. The Morgan fingerprint density at radius 3 is 2.92 bits per heavy atom. The number of morpholine rings is 1. The standard InChI is InChI=1S/C16H21N5O3/c1-4-20-8-12(10(2)19-20)16(23)21-5-6-24-9-14(21)13-7-15(22)18-11(3)17-13/h7-8,14H,4-6,9H2,1-3H3,(H,17,18,22)/t14-/m1/s1. The third kappa shape index (κ3) is 3.09. The van der Waals surface area contributed by atoms with Gasteiger partial charge < -0.3 is 14.6 Å². The summed E-state index contributed by atoms with van der Waals surface area (Å²) in [5.41, 5.74) is 1.59. The fourth-order valence-electron chi connectivity index (χ4n) is 2.91. The molecule has 2 aromatic rings. The topological polar surface area (TPSA) is 93.1 Å². The predicted molar refractivity (Wildman–Crippen MR) is 86.8 cm³/mol. The van der Waals surface area contributed by atoms with Crippen molar-refractivity contribution in [3.05, 3.63) is 45.4 Å². The van der Waals surface area contributed by atoms with Crippen molar-refractivity contribution in [2.75, 3.05) is 19.8 Å². The summed E-state index contributed by atoms with van der Waals surface area (Å²) < 4.78 is 7.27. The molecular weight excluding hydrogens is 310 g/mol. The van der Waals surface area contributed by atoms with E-state index in [0.717, 1.165) is 0 Å². The van der Waals surface area contributed by atoms with Crippen molar-refractivity contribution in [1.29, 1.82) is 0 Å². The Morgan fingerprint density at radius 1 is 1.46 bits per heavy atom. The zero-order valence-corrected chi connectivity index (χ0v) is 14.1. The smallest absolute Gasteiger partial charge is 0.258 e. The highest BCUT2D eigenvalue weighted by Gasteiger charge is 2.32. The summed E-state index contributed by atoms with van der Waals surface area (Å²) in [4.78, 5) is 33.5. The molecule has 24 heavy (non-hydrogen) atoms. The van der Waals surface area contributed by atoms with E-state index >= 15 is 0 Å². The average molecular weight is 331 g/mol. The molecule has 0 bridgehead atoms. The number of hydrogen-bond acceptors (Lipinski definition) is 5. The van der Waals surface area contributed by atoms with Gasteiger partial charge in [-0.25, -0.2) is 4.98 Å². The SMILES string of the molecule is CCn1cc(C(=O)N2CCOC[C@@H]2c2cc(=O)[nH]c(C)n2)c(C)n1. The first-order chi connectivity index (χ1) is 11.5. The van der Waals surface area contributed by atoms with Gasteiger partial charge in [0.1, 0.15) is 5.82 Å². The van der Waals surface area contributed by atoms with Gasteiger partial charge in [0.2, 0.25) is 0 Å². The quantitative estimate of drug-likeness (QED) is 0.899. The highest BCUT2D eigenvalue weighted by molar-refractivity contribution is 5.95. The van der Waals surface area contributed by atoms with Gasteiger partial charge in [-0.3, -0.25) is 14.3 Å². The van der Waals surface area contributed by atoms with Crippen LogP contribution >= 0.6 is 0 Å². The number of aromatic nitrogens is 4. The second kappa shape index (κ2) is 6.56. The molecule has 8 nitrogen and oxygen atoms in total. The number of amides is 1. The maximum Gasteiger partial charge on any atom is 0.258 e. The van der Waals surface area contributed by atoms with Gasteiger partial charge in [0.05, 0.1) is 36.2 Å². The van der Waals surface area contributed by atoms with Gasteiger partial charge in [-0.15, -0.1) is 0 Å². The lowest BCUT2D eigenvalue weighted by molar-refractivity contribution is -0.00405. The second-order valence-corrected chi connectivity index (χ2v) is 5.83. The van der Waals surface area contributed by atoms with E-state index in [1.54, 1.807) is 22.7 Å². The van der Waals surface area contributed by atoms with Gasteiger partial charge in [-0.05, 0) is 20.8 Å². The lowest BCUT2D eigenvalue weighted by Crippen LogP contribution is -2.44. The Morgan fingerprint density at radius 2 is 2.25 bits per heavy atom. The van der Waals surface area contributed by atoms with Gasteiger partial charge in [-0.1, -0.05) is 0 Å². The Labute approximate surface area is 139 Å². The van der Waals surface area contributed by atoms with E-state index < -0.39 is 0 Å². The number of carbonyl (C=O) groups is 1. The monoisotopic (exact) mass is 331 g/mol. The van der Waals surface area contributed by atoms with Crippen molar-refractivity contribution in [3.8, 4) is 0 Å². The Bertz CT molecular complexity index is 810. The lowest BCUT2D eigenvalue weighted by atomic mass is 10.1. The minimum absolute atomic E-state index is 0.111. The molecule has 1 amide bonds.